The van der Waals surface area contributed by atoms with E-state index >= 15 is 0 Å². The second kappa shape index (κ2) is 10.1. The average Bonchev–Trinajstić information content (AvgIpc) is 3.27. The van der Waals surface area contributed by atoms with Crippen molar-refractivity contribution >= 4 is 74.8 Å². The number of benzene rings is 3. The molecule has 0 spiro atoms. The van der Waals surface area contributed by atoms with Crippen LogP contribution in [-0.4, -0.2) is 38.5 Å². The van der Waals surface area contributed by atoms with Crippen molar-refractivity contribution < 1.29 is 23.9 Å². The van der Waals surface area contributed by atoms with Gasteiger partial charge in [0.1, 0.15) is 22.2 Å². The number of hydrogen-bond donors (Lipinski definition) is 2. The first kappa shape index (κ1) is 24.9. The number of alkyl halides is 1. The number of hydrogen-bond acceptors (Lipinski definition) is 6. The van der Waals surface area contributed by atoms with Crippen molar-refractivity contribution in [1.82, 2.24) is 10.2 Å². The molecule has 2 amide bonds. The van der Waals surface area contributed by atoms with Gasteiger partial charge in [-0.3, -0.25) is 14.5 Å². The predicted molar refractivity (Wildman–Crippen MR) is 149 cm³/mol. The van der Waals surface area contributed by atoms with Crippen molar-refractivity contribution in [3.8, 4) is 0 Å². The molecule has 0 aliphatic carbocycles. The van der Waals surface area contributed by atoms with Gasteiger partial charge in [-0.1, -0.05) is 60.3 Å². The number of furan rings is 1. The Labute approximate surface area is 231 Å². The van der Waals surface area contributed by atoms with Crippen LogP contribution >= 0.6 is 35.1 Å². The van der Waals surface area contributed by atoms with Crippen molar-refractivity contribution in [1.29, 1.82) is 0 Å². The number of carboxylic acids is 1. The van der Waals surface area contributed by atoms with E-state index in [1.807, 2.05) is 66.7 Å². The highest BCUT2D eigenvalue weighted by Gasteiger charge is 2.49. The van der Waals surface area contributed by atoms with Crippen molar-refractivity contribution in [2.24, 2.45) is 0 Å². The lowest BCUT2D eigenvalue weighted by Gasteiger charge is -2.46. The number of para-hydroxylation sites is 1. The van der Waals surface area contributed by atoms with Gasteiger partial charge in [0.2, 0.25) is 11.8 Å². The van der Waals surface area contributed by atoms with Crippen LogP contribution in [-0.2, 0) is 26.7 Å². The number of carboxylic acid groups (broad SMARTS) is 1. The molecular weight excluding hydrogens is 544 g/mol. The van der Waals surface area contributed by atoms with Crippen LogP contribution in [0.5, 0.6) is 0 Å². The molecule has 7 nitrogen and oxygen atoms in total. The minimum Gasteiger partial charge on any atom is -0.477 e. The molecule has 1 fully saturated rings. The lowest BCUT2D eigenvalue weighted by atomic mass is 10.1. The Kier molecular flexibility index (Phi) is 6.59. The first-order chi connectivity index (χ1) is 18.4. The Balaban J connectivity index is 1.36. The second-order valence-electron chi connectivity index (χ2n) is 8.98. The maximum atomic E-state index is 13.0. The summed E-state index contributed by atoms with van der Waals surface area (Å²) in [5.41, 5.74) is 3.02. The largest absolute Gasteiger partial charge is 0.477 e. The quantitative estimate of drug-likeness (QED) is 0.219. The highest BCUT2D eigenvalue weighted by Crippen LogP contribution is 2.48. The summed E-state index contributed by atoms with van der Waals surface area (Å²) in [7, 11) is 0. The number of aliphatic carboxylic acids is 1. The Morgan fingerprint density at radius 2 is 1.92 bits per heavy atom. The molecule has 6 rings (SSSR count). The molecule has 2 atom stereocenters. The van der Waals surface area contributed by atoms with Gasteiger partial charge in [-0.25, -0.2) is 4.79 Å². The molecule has 1 unspecified atom stereocenters. The van der Waals surface area contributed by atoms with Crippen LogP contribution in [0.4, 0.5) is 0 Å². The van der Waals surface area contributed by atoms with Crippen LogP contribution in [0.25, 0.3) is 21.9 Å². The number of carbonyl (C=O) groups is 3. The molecule has 0 bridgehead atoms. The Bertz CT molecular complexity index is 1630. The van der Waals surface area contributed by atoms with Crippen LogP contribution in [0.15, 0.2) is 86.6 Å². The van der Waals surface area contributed by atoms with Crippen LogP contribution in [0.2, 0.25) is 0 Å². The third-order valence-electron chi connectivity index (χ3n) is 6.54. The van der Waals surface area contributed by atoms with E-state index in [-0.39, 0.29) is 35.7 Å². The summed E-state index contributed by atoms with van der Waals surface area (Å²) >= 11 is 8.69. The molecule has 38 heavy (non-hydrogen) atoms. The van der Waals surface area contributed by atoms with Crippen LogP contribution in [0, 0.1) is 0 Å². The predicted octanol–water partition coefficient (Wildman–Crippen LogP) is 5.70. The highest BCUT2D eigenvalue weighted by atomic mass is 35.5. The van der Waals surface area contributed by atoms with E-state index < -0.39 is 11.3 Å². The molecule has 3 heterocycles. The van der Waals surface area contributed by atoms with Gasteiger partial charge in [0, 0.05) is 21.2 Å². The topological polar surface area (TPSA) is 99.9 Å². The summed E-state index contributed by atoms with van der Waals surface area (Å²) in [5, 5.41) is 14.1. The van der Waals surface area contributed by atoms with Crippen molar-refractivity contribution in [2.75, 3.05) is 0 Å². The van der Waals surface area contributed by atoms with E-state index in [0.717, 1.165) is 32.4 Å². The molecule has 10 heteroatoms. The molecule has 1 aromatic heterocycles. The Morgan fingerprint density at radius 1 is 1.11 bits per heavy atom. The smallest absolute Gasteiger partial charge is 0.353 e. The summed E-state index contributed by atoms with van der Waals surface area (Å²) < 4.78 is 6.13. The summed E-state index contributed by atoms with van der Waals surface area (Å²) in [4.78, 5) is 40.2. The number of carbonyl (C=O) groups excluding carboxylic acids is 2. The number of thioether (sulfide) groups is 2. The lowest BCUT2D eigenvalue weighted by Crippen LogP contribution is -2.57. The first-order valence-corrected chi connectivity index (χ1v) is 14.2. The maximum absolute atomic E-state index is 13.0. The lowest BCUT2D eigenvalue weighted by molar-refractivity contribution is -0.146. The van der Waals surface area contributed by atoms with E-state index in [4.69, 9.17) is 16.0 Å². The van der Waals surface area contributed by atoms with Gasteiger partial charge in [0.05, 0.1) is 29.0 Å². The highest BCUT2D eigenvalue weighted by molar-refractivity contribution is 8.06. The van der Waals surface area contributed by atoms with E-state index in [0.29, 0.717) is 16.4 Å². The van der Waals surface area contributed by atoms with Crippen LogP contribution < -0.4 is 5.32 Å². The zero-order valence-corrected chi connectivity index (χ0v) is 22.2. The van der Waals surface area contributed by atoms with Gasteiger partial charge in [-0.05, 0) is 23.8 Å². The number of rotatable bonds is 7. The number of fused-ring (bicyclic) bond motifs is 4. The van der Waals surface area contributed by atoms with Crippen molar-refractivity contribution in [3.63, 3.8) is 0 Å². The molecule has 3 aromatic carbocycles. The molecular formula is C28H21ClN2O5S2. The third-order valence-corrected chi connectivity index (χ3v) is 9.43. The molecule has 2 N–H and O–H groups in total. The number of nitrogens with zero attached hydrogens (tertiary/aromatic N) is 1. The van der Waals surface area contributed by atoms with E-state index in [1.165, 1.54) is 28.4 Å². The summed E-state index contributed by atoms with van der Waals surface area (Å²) in [6.07, 6.45) is 0.401. The van der Waals surface area contributed by atoms with Gasteiger partial charge in [0.25, 0.3) is 0 Å². The normalized spacial score (nSPS) is 19.0. The zero-order chi connectivity index (χ0) is 26.4. The molecule has 2 aliphatic rings. The van der Waals surface area contributed by atoms with E-state index in [2.05, 4.69) is 5.32 Å². The van der Waals surface area contributed by atoms with Gasteiger partial charge in [-0.15, -0.1) is 23.4 Å². The number of nitrogens with one attached hydrogen (secondary N) is 1. The summed E-state index contributed by atoms with van der Waals surface area (Å²) in [6.45, 7) is 0. The van der Waals surface area contributed by atoms with Gasteiger partial charge in [-0.2, -0.15) is 0 Å². The zero-order valence-electron chi connectivity index (χ0n) is 19.8. The Hall–Kier alpha value is -3.40. The van der Waals surface area contributed by atoms with E-state index in [1.54, 1.807) is 0 Å². The third kappa shape index (κ3) is 4.44. The van der Waals surface area contributed by atoms with E-state index in [9.17, 15) is 19.5 Å². The van der Waals surface area contributed by atoms with Gasteiger partial charge in [0.15, 0.2) is 0 Å². The molecule has 4 aromatic rings. The number of amides is 2. The fourth-order valence-corrected chi connectivity index (χ4v) is 7.61. The maximum Gasteiger partial charge on any atom is 0.353 e. The average molecular weight is 565 g/mol. The Morgan fingerprint density at radius 3 is 2.66 bits per heavy atom. The molecule has 192 valence electrons. The van der Waals surface area contributed by atoms with Gasteiger partial charge >= 0.3 is 5.97 Å². The molecule has 2 aliphatic heterocycles. The minimum atomic E-state index is -1.20. The number of halogens is 1. The first-order valence-electron chi connectivity index (χ1n) is 11.9. The molecule has 0 saturated carbocycles. The SMILES string of the molecule is O=C(Cc1ccccc1)NC1S[C@@H]2CC(=O)N2C(C(=O)O)=C1Sc1ccc2c(c1)oc1c(CCl)cccc12. The van der Waals surface area contributed by atoms with Crippen molar-refractivity contribution in [3.05, 3.63) is 88.5 Å². The summed E-state index contributed by atoms with van der Waals surface area (Å²) in [5.74, 6) is -1.35. The number of β-lactam (4-membered cyclic amide) rings is 1. The molecule has 1 saturated heterocycles. The van der Waals surface area contributed by atoms with Crippen molar-refractivity contribution in [2.45, 2.75) is 34.4 Å². The fourth-order valence-electron chi connectivity index (χ4n) is 4.75. The monoisotopic (exact) mass is 564 g/mol. The van der Waals surface area contributed by atoms with Crippen LogP contribution in [0.3, 0.4) is 0 Å². The second-order valence-corrected chi connectivity index (χ2v) is 11.6. The standard InChI is InChI=1S/C28H21ClN2O5S2/c29-14-16-7-4-8-19-18-10-9-17(12-20(18)36-25(16)19)37-26-24(28(34)35)31-22(33)13-23(31)38-27(26)30-21(32)11-15-5-2-1-3-6-15/h1-10,12,23,27H,11,13-14H2,(H,30,32)(H,34,35)/t23-,27?/m1/s1. The summed E-state index contributed by atoms with van der Waals surface area (Å²) in [6, 6.07) is 20.8. The van der Waals surface area contributed by atoms with Crippen LogP contribution in [0.1, 0.15) is 17.5 Å². The molecule has 0 radical (unpaired) electrons. The minimum absolute atomic E-state index is 0.0888. The van der Waals surface area contributed by atoms with Gasteiger partial charge < -0.3 is 14.8 Å². The fraction of sp³-hybridized carbons (Fsp3) is 0.179.